The largest absolute Gasteiger partial charge is 0.330 e. The third-order valence-electron chi connectivity index (χ3n) is 2.55. The van der Waals surface area contributed by atoms with E-state index in [0.29, 0.717) is 31.1 Å². The molecule has 0 saturated carbocycles. The maximum Gasteiger partial charge on any atom is 0.133 e. The summed E-state index contributed by atoms with van der Waals surface area (Å²) >= 11 is 1.72. The van der Waals surface area contributed by atoms with Crippen molar-refractivity contribution in [2.24, 2.45) is 11.7 Å². The van der Waals surface area contributed by atoms with Crippen LogP contribution in [0.5, 0.6) is 0 Å². The maximum atomic E-state index is 11.5. The number of carbonyl (C=O) groups is 1. The van der Waals surface area contributed by atoms with Gasteiger partial charge in [0.15, 0.2) is 0 Å². The number of hydrogen-bond acceptors (Lipinski definition) is 3. The number of aryl methyl sites for hydroxylation is 1. The smallest absolute Gasteiger partial charge is 0.133 e. The number of hydrogen-bond donors (Lipinski definition) is 1. The molecule has 0 fully saturated rings. The fraction of sp³-hybridized carbons (Fsp3) is 0.583. The second-order valence-corrected chi connectivity index (χ2v) is 5.03. The Morgan fingerprint density at radius 3 is 2.93 bits per heavy atom. The first-order valence-corrected chi connectivity index (χ1v) is 6.34. The molecule has 1 rings (SSSR count). The van der Waals surface area contributed by atoms with E-state index in [1.807, 2.05) is 6.07 Å². The van der Waals surface area contributed by atoms with Gasteiger partial charge in [0, 0.05) is 17.7 Å². The quantitative estimate of drug-likeness (QED) is 0.775. The van der Waals surface area contributed by atoms with Crippen LogP contribution in [-0.4, -0.2) is 12.3 Å². The van der Waals surface area contributed by atoms with Crippen molar-refractivity contribution in [1.82, 2.24) is 0 Å². The van der Waals surface area contributed by atoms with Crippen molar-refractivity contribution in [3.05, 3.63) is 22.4 Å². The molecule has 2 N–H and O–H groups in total. The van der Waals surface area contributed by atoms with E-state index in [2.05, 4.69) is 18.4 Å². The van der Waals surface area contributed by atoms with Gasteiger partial charge in [0.05, 0.1) is 0 Å². The number of ketones is 1. The predicted molar refractivity (Wildman–Crippen MR) is 65.1 cm³/mol. The first-order chi connectivity index (χ1) is 7.22. The minimum absolute atomic E-state index is 0.365. The van der Waals surface area contributed by atoms with E-state index in [4.69, 9.17) is 5.73 Å². The van der Waals surface area contributed by atoms with E-state index in [9.17, 15) is 4.79 Å². The van der Waals surface area contributed by atoms with Crippen LogP contribution < -0.4 is 5.73 Å². The van der Waals surface area contributed by atoms with Crippen molar-refractivity contribution >= 4 is 17.1 Å². The molecule has 0 aliphatic carbocycles. The molecule has 2 nitrogen and oxygen atoms in total. The number of nitrogens with two attached hydrogens (primary N) is 1. The van der Waals surface area contributed by atoms with Crippen molar-refractivity contribution in [2.75, 3.05) is 6.54 Å². The molecule has 1 heterocycles. The van der Waals surface area contributed by atoms with Crippen LogP contribution in [0.1, 0.15) is 31.1 Å². The molecule has 0 amide bonds. The Morgan fingerprint density at radius 2 is 2.33 bits per heavy atom. The average molecular weight is 225 g/mol. The Bertz CT molecular complexity index is 282. The predicted octanol–water partition coefficient (Wildman–Crippen LogP) is 2.62. The molecular formula is C12H19NOS. The third kappa shape index (κ3) is 5.09. The zero-order chi connectivity index (χ0) is 11.1. The molecule has 0 spiro atoms. The van der Waals surface area contributed by atoms with Crippen molar-refractivity contribution in [3.63, 3.8) is 0 Å². The Kier molecular flexibility index (Phi) is 5.58. The molecule has 15 heavy (non-hydrogen) atoms. The number of thiophene rings is 1. The first kappa shape index (κ1) is 12.4. The highest BCUT2D eigenvalue weighted by Crippen LogP contribution is 2.12. The van der Waals surface area contributed by atoms with Crippen LogP contribution in [0.3, 0.4) is 0 Å². The van der Waals surface area contributed by atoms with Gasteiger partial charge in [-0.3, -0.25) is 4.79 Å². The molecule has 1 aromatic rings. The highest BCUT2D eigenvalue weighted by molar-refractivity contribution is 7.09. The van der Waals surface area contributed by atoms with Gasteiger partial charge in [-0.15, -0.1) is 11.3 Å². The Labute approximate surface area is 95.5 Å². The SMILES string of the molecule is CC(CN)CCC(=O)CCc1cccs1. The normalized spacial score (nSPS) is 12.7. The molecular weight excluding hydrogens is 206 g/mol. The minimum atomic E-state index is 0.365. The molecule has 0 aliphatic heterocycles. The van der Waals surface area contributed by atoms with Crippen molar-refractivity contribution in [2.45, 2.75) is 32.6 Å². The lowest BCUT2D eigenvalue weighted by Crippen LogP contribution is -2.12. The molecule has 1 atom stereocenters. The summed E-state index contributed by atoms with van der Waals surface area (Å²) in [6, 6.07) is 4.11. The van der Waals surface area contributed by atoms with Gasteiger partial charge in [-0.1, -0.05) is 13.0 Å². The maximum absolute atomic E-state index is 11.5. The Morgan fingerprint density at radius 1 is 1.53 bits per heavy atom. The summed E-state index contributed by atoms with van der Waals surface area (Å²) in [5.41, 5.74) is 5.50. The van der Waals surface area contributed by atoms with Crippen molar-refractivity contribution in [3.8, 4) is 0 Å². The van der Waals surface area contributed by atoms with Crippen LogP contribution in [0.2, 0.25) is 0 Å². The van der Waals surface area contributed by atoms with Crippen LogP contribution in [0.4, 0.5) is 0 Å². The Balaban J connectivity index is 2.14. The fourth-order valence-electron chi connectivity index (χ4n) is 1.37. The van der Waals surface area contributed by atoms with Crippen LogP contribution in [0.15, 0.2) is 17.5 Å². The summed E-state index contributed by atoms with van der Waals surface area (Å²) in [7, 11) is 0. The lowest BCUT2D eigenvalue weighted by atomic mass is 10.0. The topological polar surface area (TPSA) is 43.1 Å². The van der Waals surface area contributed by atoms with Crippen LogP contribution in [-0.2, 0) is 11.2 Å². The second-order valence-electron chi connectivity index (χ2n) is 4.00. The van der Waals surface area contributed by atoms with Crippen molar-refractivity contribution < 1.29 is 4.79 Å². The monoisotopic (exact) mass is 225 g/mol. The van der Waals surface area contributed by atoms with Gasteiger partial charge in [-0.05, 0) is 36.8 Å². The van der Waals surface area contributed by atoms with E-state index in [1.165, 1.54) is 4.88 Å². The van der Waals surface area contributed by atoms with Crippen molar-refractivity contribution in [1.29, 1.82) is 0 Å². The molecule has 0 radical (unpaired) electrons. The van der Waals surface area contributed by atoms with E-state index >= 15 is 0 Å². The minimum Gasteiger partial charge on any atom is -0.330 e. The Hall–Kier alpha value is -0.670. The molecule has 1 unspecified atom stereocenters. The van der Waals surface area contributed by atoms with Gasteiger partial charge < -0.3 is 5.73 Å². The van der Waals surface area contributed by atoms with E-state index < -0.39 is 0 Å². The van der Waals surface area contributed by atoms with Gasteiger partial charge in [-0.2, -0.15) is 0 Å². The van der Waals surface area contributed by atoms with Crippen LogP contribution in [0, 0.1) is 5.92 Å². The summed E-state index contributed by atoms with van der Waals surface area (Å²) in [6.45, 7) is 2.77. The fourth-order valence-corrected chi connectivity index (χ4v) is 2.08. The highest BCUT2D eigenvalue weighted by atomic mass is 32.1. The molecule has 0 bridgehead atoms. The van der Waals surface area contributed by atoms with Gasteiger partial charge in [0.25, 0.3) is 0 Å². The van der Waals surface area contributed by atoms with Gasteiger partial charge in [0.2, 0.25) is 0 Å². The molecule has 84 valence electrons. The van der Waals surface area contributed by atoms with Crippen LogP contribution >= 0.6 is 11.3 Å². The summed E-state index contributed by atoms with van der Waals surface area (Å²) in [5.74, 6) is 0.833. The number of carbonyl (C=O) groups excluding carboxylic acids is 1. The molecule has 1 aromatic heterocycles. The van der Waals surface area contributed by atoms with Gasteiger partial charge >= 0.3 is 0 Å². The average Bonchev–Trinajstić information content (AvgIpc) is 2.75. The second kappa shape index (κ2) is 6.75. The van der Waals surface area contributed by atoms with E-state index in [1.54, 1.807) is 11.3 Å². The van der Waals surface area contributed by atoms with Gasteiger partial charge in [-0.25, -0.2) is 0 Å². The van der Waals surface area contributed by atoms with Gasteiger partial charge in [0.1, 0.15) is 5.78 Å². The highest BCUT2D eigenvalue weighted by Gasteiger charge is 2.06. The lowest BCUT2D eigenvalue weighted by Gasteiger charge is -2.06. The number of rotatable bonds is 7. The summed E-state index contributed by atoms with van der Waals surface area (Å²) in [6.07, 6.45) is 3.19. The summed E-state index contributed by atoms with van der Waals surface area (Å²) < 4.78 is 0. The standard InChI is InChI=1S/C12H19NOS/c1-10(9-13)4-5-11(14)6-7-12-3-2-8-15-12/h2-3,8,10H,4-7,9,13H2,1H3. The third-order valence-corrected chi connectivity index (χ3v) is 3.48. The van der Waals surface area contributed by atoms with Crippen LogP contribution in [0.25, 0.3) is 0 Å². The zero-order valence-electron chi connectivity index (χ0n) is 9.24. The molecule has 0 aromatic carbocycles. The molecule has 0 aliphatic rings. The lowest BCUT2D eigenvalue weighted by molar-refractivity contribution is -0.119. The summed E-state index contributed by atoms with van der Waals surface area (Å²) in [5, 5.41) is 2.05. The van der Waals surface area contributed by atoms with E-state index in [0.717, 1.165) is 12.8 Å². The zero-order valence-corrected chi connectivity index (χ0v) is 10.1. The summed E-state index contributed by atoms with van der Waals surface area (Å²) in [4.78, 5) is 12.8. The molecule has 3 heteroatoms. The molecule has 0 saturated heterocycles. The number of Topliss-reactive ketones (excluding diaryl/α,β-unsaturated/α-hetero) is 1. The van der Waals surface area contributed by atoms with E-state index in [-0.39, 0.29) is 0 Å². The first-order valence-electron chi connectivity index (χ1n) is 5.46.